The van der Waals surface area contributed by atoms with Gasteiger partial charge in [0, 0.05) is 13.6 Å². The lowest BCUT2D eigenvalue weighted by atomic mass is 10.1. The van der Waals surface area contributed by atoms with Crippen LogP contribution in [0.5, 0.6) is 0 Å². The highest BCUT2D eigenvalue weighted by atomic mass is 19.1. The van der Waals surface area contributed by atoms with Gasteiger partial charge in [0.05, 0.1) is 11.3 Å². The van der Waals surface area contributed by atoms with Crippen molar-refractivity contribution in [1.82, 2.24) is 4.90 Å². The lowest BCUT2D eigenvalue weighted by Crippen LogP contribution is -2.33. The molecule has 1 fully saturated rings. The van der Waals surface area contributed by atoms with Crippen LogP contribution in [0.1, 0.15) is 23.2 Å². The van der Waals surface area contributed by atoms with Crippen LogP contribution in [0.2, 0.25) is 0 Å². The molecule has 1 aromatic carbocycles. The van der Waals surface area contributed by atoms with Gasteiger partial charge in [-0.15, -0.1) is 0 Å². The molecule has 1 aromatic rings. The van der Waals surface area contributed by atoms with E-state index in [2.05, 4.69) is 5.32 Å². The highest BCUT2D eigenvalue weighted by Crippen LogP contribution is 2.29. The maximum absolute atomic E-state index is 13.6. The Labute approximate surface area is 110 Å². The fraction of sp³-hybridized carbons (Fsp3) is 0.385. The molecule has 19 heavy (non-hydrogen) atoms. The number of halogens is 1. The average molecular weight is 266 g/mol. The molecule has 2 rings (SSSR count). The first kappa shape index (κ1) is 13.3. The number of carbonyl (C=O) groups is 2. The summed E-state index contributed by atoms with van der Waals surface area (Å²) in [5.74, 6) is -1.52. The van der Waals surface area contributed by atoms with Crippen molar-refractivity contribution in [3.63, 3.8) is 0 Å². The van der Waals surface area contributed by atoms with Crippen molar-refractivity contribution in [2.24, 2.45) is 5.92 Å². The van der Waals surface area contributed by atoms with E-state index in [1.165, 1.54) is 17.0 Å². The second-order valence-electron chi connectivity index (χ2n) is 4.72. The van der Waals surface area contributed by atoms with E-state index in [-0.39, 0.29) is 11.3 Å². The quantitative estimate of drug-likeness (QED) is 0.879. The number of carboxylic acids is 1. The molecule has 0 aliphatic heterocycles. The number of nitrogens with zero attached hydrogens (tertiary/aromatic N) is 1. The Balaban J connectivity index is 2.12. The number of hydrogen-bond acceptors (Lipinski definition) is 2. The number of hydrogen-bond donors (Lipinski definition) is 2. The smallest absolute Gasteiger partial charge is 0.337 e. The molecule has 1 aliphatic rings. The Morgan fingerprint density at radius 3 is 2.74 bits per heavy atom. The molecule has 0 bridgehead atoms. The summed E-state index contributed by atoms with van der Waals surface area (Å²) in [6.07, 6.45) is 2.19. The Bertz CT molecular complexity index is 515. The van der Waals surface area contributed by atoms with Gasteiger partial charge in [-0.2, -0.15) is 0 Å². The van der Waals surface area contributed by atoms with E-state index >= 15 is 0 Å². The molecule has 0 spiro atoms. The van der Waals surface area contributed by atoms with Gasteiger partial charge in [-0.1, -0.05) is 6.07 Å². The monoisotopic (exact) mass is 266 g/mol. The summed E-state index contributed by atoms with van der Waals surface area (Å²) in [6, 6.07) is 3.16. The molecular formula is C13H15FN2O3. The van der Waals surface area contributed by atoms with Crippen molar-refractivity contribution in [1.29, 1.82) is 0 Å². The largest absolute Gasteiger partial charge is 0.478 e. The van der Waals surface area contributed by atoms with E-state index in [1.54, 1.807) is 7.05 Å². The molecule has 0 saturated heterocycles. The molecule has 6 heteroatoms. The number of anilines is 1. The van der Waals surface area contributed by atoms with Crippen LogP contribution in [0.15, 0.2) is 18.2 Å². The van der Waals surface area contributed by atoms with Crippen LogP contribution in [0.25, 0.3) is 0 Å². The van der Waals surface area contributed by atoms with Crippen molar-refractivity contribution < 1.29 is 19.1 Å². The van der Waals surface area contributed by atoms with Crippen LogP contribution in [0.4, 0.5) is 14.9 Å². The van der Waals surface area contributed by atoms with Gasteiger partial charge in [-0.05, 0) is 30.9 Å². The summed E-state index contributed by atoms with van der Waals surface area (Å²) in [5.41, 5.74) is -0.546. The number of carbonyl (C=O) groups excluding carboxylic acids is 1. The average Bonchev–Trinajstić information content (AvgIpc) is 3.15. The number of rotatable bonds is 4. The topological polar surface area (TPSA) is 69.6 Å². The van der Waals surface area contributed by atoms with E-state index < -0.39 is 17.8 Å². The highest BCUT2D eigenvalue weighted by Gasteiger charge is 2.25. The molecule has 102 valence electrons. The third-order valence-corrected chi connectivity index (χ3v) is 3.05. The van der Waals surface area contributed by atoms with Gasteiger partial charge >= 0.3 is 12.0 Å². The van der Waals surface area contributed by atoms with E-state index in [0.717, 1.165) is 18.9 Å². The molecule has 1 saturated carbocycles. The maximum Gasteiger partial charge on any atom is 0.337 e. The number of para-hydroxylation sites is 1. The van der Waals surface area contributed by atoms with Gasteiger partial charge < -0.3 is 15.3 Å². The van der Waals surface area contributed by atoms with Gasteiger partial charge in [0.2, 0.25) is 0 Å². The minimum Gasteiger partial charge on any atom is -0.478 e. The number of carboxylic acid groups (broad SMARTS) is 1. The van der Waals surface area contributed by atoms with E-state index in [9.17, 15) is 14.0 Å². The second-order valence-corrected chi connectivity index (χ2v) is 4.72. The number of amides is 2. The molecule has 0 atom stereocenters. The SMILES string of the molecule is CN(CC1CC1)C(=O)Nc1c(F)cccc1C(=O)O. The first-order valence-corrected chi connectivity index (χ1v) is 6.03. The maximum atomic E-state index is 13.6. The fourth-order valence-electron chi connectivity index (χ4n) is 1.80. The van der Waals surface area contributed by atoms with Gasteiger partial charge in [-0.3, -0.25) is 0 Å². The molecule has 0 radical (unpaired) electrons. The lowest BCUT2D eigenvalue weighted by Gasteiger charge is -2.18. The molecule has 0 unspecified atom stereocenters. The third kappa shape index (κ3) is 3.21. The standard InChI is InChI=1S/C13H15FN2O3/c1-16(7-8-5-6-8)13(19)15-11-9(12(17)18)3-2-4-10(11)14/h2-4,8H,5-7H2,1H3,(H,15,19)(H,17,18). The molecule has 0 aromatic heterocycles. The van der Waals surface area contributed by atoms with E-state index in [1.807, 2.05) is 0 Å². The van der Waals surface area contributed by atoms with E-state index in [0.29, 0.717) is 12.5 Å². The molecule has 2 N–H and O–H groups in total. The van der Waals surface area contributed by atoms with Gasteiger partial charge in [0.1, 0.15) is 5.82 Å². The van der Waals surface area contributed by atoms with Crippen molar-refractivity contribution in [3.05, 3.63) is 29.6 Å². The summed E-state index contributed by atoms with van der Waals surface area (Å²) in [5, 5.41) is 11.3. The van der Waals surface area contributed by atoms with Crippen molar-refractivity contribution >= 4 is 17.7 Å². The van der Waals surface area contributed by atoms with Gasteiger partial charge in [-0.25, -0.2) is 14.0 Å². The van der Waals surface area contributed by atoms with Crippen LogP contribution in [0.3, 0.4) is 0 Å². The summed E-state index contributed by atoms with van der Waals surface area (Å²) in [7, 11) is 1.61. The number of nitrogens with one attached hydrogen (secondary N) is 1. The van der Waals surface area contributed by atoms with Crippen molar-refractivity contribution in [3.8, 4) is 0 Å². The fourth-order valence-corrected chi connectivity index (χ4v) is 1.80. The van der Waals surface area contributed by atoms with Crippen LogP contribution in [-0.4, -0.2) is 35.6 Å². The normalized spacial score (nSPS) is 14.0. The number of benzene rings is 1. The molecule has 2 amide bonds. The summed E-state index contributed by atoms with van der Waals surface area (Å²) >= 11 is 0. The lowest BCUT2D eigenvalue weighted by molar-refractivity contribution is 0.0697. The van der Waals surface area contributed by atoms with Gasteiger partial charge in [0.25, 0.3) is 0 Å². The Kier molecular flexibility index (Phi) is 3.69. The first-order chi connectivity index (χ1) is 8.99. The van der Waals surface area contributed by atoms with Crippen molar-refractivity contribution in [2.45, 2.75) is 12.8 Å². The van der Waals surface area contributed by atoms with Crippen LogP contribution in [0, 0.1) is 11.7 Å². The minimum absolute atomic E-state index is 0.256. The predicted molar refractivity (Wildman–Crippen MR) is 67.7 cm³/mol. The molecular weight excluding hydrogens is 251 g/mol. The Morgan fingerprint density at radius 2 is 2.16 bits per heavy atom. The zero-order chi connectivity index (χ0) is 14.0. The van der Waals surface area contributed by atoms with Crippen molar-refractivity contribution in [2.75, 3.05) is 18.9 Å². The van der Waals surface area contributed by atoms with Crippen LogP contribution < -0.4 is 5.32 Å². The van der Waals surface area contributed by atoms with Crippen LogP contribution >= 0.6 is 0 Å². The number of aromatic carboxylic acids is 1. The second kappa shape index (κ2) is 5.26. The highest BCUT2D eigenvalue weighted by molar-refractivity contribution is 6.00. The van der Waals surface area contributed by atoms with Crippen LogP contribution in [-0.2, 0) is 0 Å². The Hall–Kier alpha value is -2.11. The molecule has 1 aliphatic carbocycles. The summed E-state index contributed by atoms with van der Waals surface area (Å²) < 4.78 is 13.6. The summed E-state index contributed by atoms with van der Waals surface area (Å²) in [4.78, 5) is 24.3. The predicted octanol–water partition coefficient (Wildman–Crippen LogP) is 2.40. The zero-order valence-electron chi connectivity index (χ0n) is 10.5. The summed E-state index contributed by atoms with van der Waals surface area (Å²) in [6.45, 7) is 0.600. The number of urea groups is 1. The van der Waals surface area contributed by atoms with E-state index in [4.69, 9.17) is 5.11 Å². The Morgan fingerprint density at radius 1 is 1.47 bits per heavy atom. The minimum atomic E-state index is -1.28. The molecule has 0 heterocycles. The van der Waals surface area contributed by atoms with Gasteiger partial charge in [0.15, 0.2) is 0 Å². The zero-order valence-corrected chi connectivity index (χ0v) is 10.5. The first-order valence-electron chi connectivity index (χ1n) is 6.03. The molecule has 5 nitrogen and oxygen atoms in total. The third-order valence-electron chi connectivity index (χ3n) is 3.05.